The van der Waals surface area contributed by atoms with E-state index >= 15 is 0 Å². The van der Waals surface area contributed by atoms with Gasteiger partial charge in [0.25, 0.3) is 0 Å². The molecule has 0 N–H and O–H groups in total. The third-order valence-electron chi connectivity index (χ3n) is 14.2. The predicted octanol–water partition coefficient (Wildman–Crippen LogP) is 15.3. The first-order chi connectivity index (χ1) is 31.0. The van der Waals surface area contributed by atoms with E-state index in [1.54, 1.807) is 4.90 Å². The monoisotopic (exact) mass is 863 g/mol. The van der Waals surface area contributed by atoms with E-state index < -0.39 is 5.60 Å². The van der Waals surface area contributed by atoms with E-state index in [9.17, 15) is 9.59 Å². The van der Waals surface area contributed by atoms with Gasteiger partial charge in [-0.25, -0.2) is 4.79 Å². The average molecular weight is 865 g/mol. The fourth-order valence-electron chi connectivity index (χ4n) is 10.8. The molecule has 1 aliphatic heterocycles. The molecule has 3 aliphatic rings. The number of amides is 1. The molecule has 5 aromatic rings. The second-order valence-corrected chi connectivity index (χ2v) is 18.8. The Morgan fingerprint density at radius 1 is 0.556 bits per heavy atom. The highest BCUT2D eigenvalue weighted by Crippen LogP contribution is 2.46. The summed E-state index contributed by atoms with van der Waals surface area (Å²) in [7, 11) is 0. The van der Waals surface area contributed by atoms with Crippen LogP contribution in [0, 0.1) is 0 Å². The van der Waals surface area contributed by atoms with Gasteiger partial charge in [-0.1, -0.05) is 216 Å². The lowest BCUT2D eigenvalue weighted by atomic mass is 9.78. The summed E-state index contributed by atoms with van der Waals surface area (Å²) in [5, 5.41) is 0.522. The van der Waals surface area contributed by atoms with Gasteiger partial charge >= 0.3 is 12.1 Å². The number of likely N-dealkylation sites (tertiary alicyclic amines) is 1. The van der Waals surface area contributed by atoms with E-state index in [0.29, 0.717) is 29.5 Å². The number of carbonyl (C=O) groups is 2. The number of hydrogen-bond donors (Lipinski definition) is 0. The molecule has 1 saturated carbocycles. The number of nitrogens with zero attached hydrogens (tertiary/aromatic N) is 1. The molecule has 0 aromatic heterocycles. The molecule has 63 heavy (non-hydrogen) atoms. The van der Waals surface area contributed by atoms with Crippen LogP contribution in [0.1, 0.15) is 167 Å². The summed E-state index contributed by atoms with van der Waals surface area (Å²) in [6, 6.07) is 43.0. The number of carbonyl (C=O) groups excluding carboxylic acids is 2. The molecule has 2 aliphatic carbocycles. The zero-order chi connectivity index (χ0) is 43.3. The first-order valence-corrected chi connectivity index (χ1v) is 24.6. The number of halogens is 1. The molecule has 5 nitrogen and oxygen atoms in total. The van der Waals surface area contributed by atoms with Crippen LogP contribution in [0.4, 0.5) is 4.79 Å². The highest BCUT2D eigenvalue weighted by Gasteiger charge is 2.43. The van der Waals surface area contributed by atoms with Crippen molar-refractivity contribution in [1.29, 1.82) is 0 Å². The largest absolute Gasteiger partial charge is 0.448 e. The summed E-state index contributed by atoms with van der Waals surface area (Å²) in [6.45, 7) is 0.770. The number of ether oxygens (including phenoxy) is 2. The molecule has 1 amide bonds. The Labute approximate surface area is 381 Å². The van der Waals surface area contributed by atoms with E-state index in [1.165, 1.54) is 124 Å². The van der Waals surface area contributed by atoms with Crippen molar-refractivity contribution < 1.29 is 19.1 Å². The van der Waals surface area contributed by atoms with Gasteiger partial charge in [0.1, 0.15) is 6.61 Å². The number of fused-ring (bicyclic) bond motifs is 3. The number of rotatable bonds is 9. The zero-order valence-corrected chi connectivity index (χ0v) is 37.9. The van der Waals surface area contributed by atoms with Crippen molar-refractivity contribution in [2.45, 2.75) is 145 Å². The van der Waals surface area contributed by atoms with E-state index in [2.05, 4.69) is 60.7 Å². The quantitative estimate of drug-likeness (QED) is 0.109. The molecule has 2 atom stereocenters. The SMILES string of the molecule is O=C(C[C@H]1CCCCN1C(=O)OCC1c2ccccc2-c2ccccc21)OC(c1ccccc1)(c1ccc(C2CCCCCCCCCCCCCCC2)cc1)c1ccccc1Cl. The Kier molecular flexibility index (Phi) is 15.7. The Balaban J connectivity index is 1.03. The van der Waals surface area contributed by atoms with Gasteiger partial charge in [-0.05, 0) is 71.9 Å². The van der Waals surface area contributed by atoms with Gasteiger partial charge in [-0.3, -0.25) is 4.79 Å². The van der Waals surface area contributed by atoms with Gasteiger partial charge in [-0.2, -0.15) is 0 Å². The number of hydrogen-bond acceptors (Lipinski definition) is 4. The zero-order valence-electron chi connectivity index (χ0n) is 37.2. The minimum Gasteiger partial charge on any atom is -0.448 e. The number of benzene rings is 5. The maximum absolute atomic E-state index is 14.7. The van der Waals surface area contributed by atoms with Gasteiger partial charge in [-0.15, -0.1) is 0 Å². The Hall–Kier alpha value is -4.87. The molecule has 1 unspecified atom stereocenters. The molecule has 1 heterocycles. The van der Waals surface area contributed by atoms with Gasteiger partial charge < -0.3 is 14.4 Å². The van der Waals surface area contributed by atoms with E-state index in [0.717, 1.165) is 24.0 Å². The number of esters is 1. The standard InChI is InChI=1S/C57H66ClNO4/c58-54-35-22-21-34-53(54)57(45-27-15-12-16-28-45,46-38-36-44(37-39-46)43-25-13-10-8-6-4-2-1-3-5-7-9-11-14-26-43)63-55(60)41-47-29-23-24-40-59(47)56(61)62-42-52-50-32-19-17-30-48(50)49-31-18-20-33-51(49)52/h12,15-22,27-28,30-39,43,47,52H,1-11,13-14,23-26,29,40-42H2/t47-,57?/m1/s1. The minimum atomic E-state index is -1.32. The molecule has 0 spiro atoms. The van der Waals surface area contributed by atoms with Crippen LogP contribution in [0.5, 0.6) is 0 Å². The molecule has 0 radical (unpaired) electrons. The Morgan fingerprint density at radius 2 is 1.06 bits per heavy atom. The first kappa shape index (κ1) is 44.7. The smallest absolute Gasteiger partial charge is 0.410 e. The summed E-state index contributed by atoms with van der Waals surface area (Å²) in [4.78, 5) is 30.5. The van der Waals surface area contributed by atoms with Crippen molar-refractivity contribution in [2.75, 3.05) is 13.2 Å². The summed E-state index contributed by atoms with van der Waals surface area (Å²) in [6.07, 6.45) is 22.0. The fourth-order valence-corrected chi connectivity index (χ4v) is 11.1. The van der Waals surface area contributed by atoms with Crippen LogP contribution in [0.25, 0.3) is 11.1 Å². The van der Waals surface area contributed by atoms with Crippen LogP contribution >= 0.6 is 11.6 Å². The molecule has 0 bridgehead atoms. The van der Waals surface area contributed by atoms with Gasteiger partial charge in [0.05, 0.1) is 6.42 Å². The lowest BCUT2D eigenvalue weighted by Gasteiger charge is -2.38. The molecule has 1 saturated heterocycles. The predicted molar refractivity (Wildman–Crippen MR) is 256 cm³/mol. The maximum Gasteiger partial charge on any atom is 0.410 e. The van der Waals surface area contributed by atoms with Crippen molar-refractivity contribution in [1.82, 2.24) is 4.90 Å². The normalized spacial score (nSPS) is 19.3. The topological polar surface area (TPSA) is 55.8 Å². The van der Waals surface area contributed by atoms with Crippen molar-refractivity contribution in [3.05, 3.63) is 166 Å². The lowest BCUT2D eigenvalue weighted by molar-refractivity contribution is -0.155. The molecule has 8 rings (SSSR count). The average Bonchev–Trinajstić information content (AvgIpc) is 3.64. The van der Waals surface area contributed by atoms with Crippen molar-refractivity contribution in [3.63, 3.8) is 0 Å². The molecule has 330 valence electrons. The Bertz CT molecular complexity index is 2180. The third kappa shape index (κ3) is 10.7. The summed E-state index contributed by atoms with van der Waals surface area (Å²) in [5.74, 6) is 0.0710. The van der Waals surface area contributed by atoms with Crippen molar-refractivity contribution in [3.8, 4) is 11.1 Å². The Morgan fingerprint density at radius 3 is 1.67 bits per heavy atom. The van der Waals surface area contributed by atoms with Crippen LogP contribution < -0.4 is 0 Å². The second kappa shape index (κ2) is 22.2. The summed E-state index contributed by atoms with van der Waals surface area (Å²) >= 11 is 7.12. The van der Waals surface area contributed by atoms with E-state index in [-0.39, 0.29) is 37.0 Å². The molecule has 2 fully saturated rings. The molecule has 5 aromatic carbocycles. The third-order valence-corrected chi connectivity index (χ3v) is 14.5. The van der Waals surface area contributed by atoms with Crippen LogP contribution in [0.3, 0.4) is 0 Å². The van der Waals surface area contributed by atoms with E-state index in [1.807, 2.05) is 66.7 Å². The maximum atomic E-state index is 14.7. The molecular weight excluding hydrogens is 798 g/mol. The molecule has 6 heteroatoms. The summed E-state index contributed by atoms with van der Waals surface area (Å²) in [5.41, 5.74) is 7.14. The van der Waals surface area contributed by atoms with Crippen LogP contribution in [0.2, 0.25) is 5.02 Å². The first-order valence-electron chi connectivity index (χ1n) is 24.3. The van der Waals surface area contributed by atoms with E-state index in [4.69, 9.17) is 21.1 Å². The summed E-state index contributed by atoms with van der Waals surface area (Å²) < 4.78 is 13.1. The highest BCUT2D eigenvalue weighted by atomic mass is 35.5. The van der Waals surface area contributed by atoms with Gasteiger partial charge in [0.15, 0.2) is 5.60 Å². The number of piperidine rings is 1. The van der Waals surface area contributed by atoms with Crippen molar-refractivity contribution >= 4 is 23.7 Å². The van der Waals surface area contributed by atoms with Crippen LogP contribution in [-0.2, 0) is 19.9 Å². The lowest BCUT2D eigenvalue weighted by Crippen LogP contribution is -2.46. The molecular formula is C57H66ClNO4. The fraction of sp³-hybridized carbons (Fsp3) is 0.439. The minimum absolute atomic E-state index is 0.0400. The second-order valence-electron chi connectivity index (χ2n) is 18.3. The van der Waals surface area contributed by atoms with Crippen molar-refractivity contribution in [2.24, 2.45) is 0 Å². The highest BCUT2D eigenvalue weighted by molar-refractivity contribution is 6.31. The van der Waals surface area contributed by atoms with Gasteiger partial charge in [0.2, 0.25) is 0 Å². The van der Waals surface area contributed by atoms with Crippen LogP contribution in [0.15, 0.2) is 127 Å². The van der Waals surface area contributed by atoms with Gasteiger partial charge in [0, 0.05) is 40.2 Å². The van der Waals surface area contributed by atoms with Crippen LogP contribution in [-0.4, -0.2) is 36.2 Å².